The molecule has 3 atom stereocenters. The number of rotatable bonds is 7. The highest BCUT2D eigenvalue weighted by molar-refractivity contribution is 7.84. The van der Waals surface area contributed by atoms with Gasteiger partial charge in [-0.1, -0.05) is 25.9 Å². The number of nitrogens with two attached hydrogens (primary N) is 1. The number of hydrogen-bond donors (Lipinski definition) is 3. The zero-order chi connectivity index (χ0) is 14.3. The Morgan fingerprint density at radius 2 is 2.00 bits per heavy atom. The fraction of sp³-hybridized carbons (Fsp3) is 0.818. The van der Waals surface area contributed by atoms with E-state index in [2.05, 4.69) is 10.5 Å². The Hall–Kier alpha value is -1.11. The predicted molar refractivity (Wildman–Crippen MR) is 72.9 cm³/mol. The highest BCUT2D eigenvalue weighted by Gasteiger charge is 2.26. The summed E-state index contributed by atoms with van der Waals surface area (Å²) in [5.74, 6) is -1.06. The summed E-state index contributed by atoms with van der Waals surface area (Å²) in [6.45, 7) is 5.95. The number of nitrogens with one attached hydrogen (secondary N) is 1. The van der Waals surface area contributed by atoms with Crippen molar-refractivity contribution in [3.8, 4) is 0 Å². The molecule has 0 aliphatic heterocycles. The molecule has 0 aromatic heterocycles. The molecule has 0 radical (unpaired) electrons. The summed E-state index contributed by atoms with van der Waals surface area (Å²) in [6.07, 6.45) is 2.27. The lowest BCUT2D eigenvalue weighted by Gasteiger charge is -2.19. The summed E-state index contributed by atoms with van der Waals surface area (Å²) in [7, 11) is -0.895. The van der Waals surface area contributed by atoms with Crippen LogP contribution in [0.3, 0.4) is 0 Å². The molecule has 3 unspecified atom stereocenters. The van der Waals surface area contributed by atoms with Crippen LogP contribution in [0, 0.1) is 11.8 Å². The van der Waals surface area contributed by atoms with Crippen LogP contribution in [0.25, 0.3) is 0 Å². The van der Waals surface area contributed by atoms with Gasteiger partial charge < -0.3 is 16.3 Å². The maximum absolute atomic E-state index is 11.9. The molecule has 1 amide bonds. The molecule has 0 rings (SSSR count). The molecule has 0 aromatic rings. The Labute approximate surface area is 110 Å². The molecule has 0 spiro atoms. The molecule has 0 saturated heterocycles. The van der Waals surface area contributed by atoms with E-state index in [1.165, 1.54) is 0 Å². The Balaban J connectivity index is 4.33. The average molecular weight is 277 g/mol. The largest absolute Gasteiger partial charge is 0.409 e. The first kappa shape index (κ1) is 16.9. The van der Waals surface area contributed by atoms with Gasteiger partial charge in [0.15, 0.2) is 5.84 Å². The lowest BCUT2D eigenvalue weighted by atomic mass is 9.94. The van der Waals surface area contributed by atoms with Gasteiger partial charge in [0.05, 0.1) is 0 Å². The summed E-state index contributed by atoms with van der Waals surface area (Å²) >= 11 is 0. The number of amidine groups is 1. The number of carbonyl (C=O) groups is 1. The molecule has 0 aliphatic carbocycles. The normalized spacial score (nSPS) is 17.3. The Morgan fingerprint density at radius 1 is 1.44 bits per heavy atom. The van der Waals surface area contributed by atoms with E-state index < -0.39 is 16.7 Å². The molecule has 7 heteroatoms. The molecule has 0 saturated carbocycles. The molecule has 0 bridgehead atoms. The van der Waals surface area contributed by atoms with Gasteiger partial charge in [-0.15, -0.1) is 0 Å². The smallest absolute Gasteiger partial charge is 0.231 e. The molecule has 0 aromatic carbocycles. The van der Waals surface area contributed by atoms with E-state index in [4.69, 9.17) is 10.9 Å². The molecule has 0 fully saturated rings. The van der Waals surface area contributed by atoms with Crippen LogP contribution >= 0.6 is 0 Å². The third kappa shape index (κ3) is 5.48. The number of nitrogens with zero attached hydrogens (tertiary/aromatic N) is 1. The SMILES string of the molecule is CC(C)C(C(=O)NCCC(C)S(C)=O)C(N)=NO. The topological polar surface area (TPSA) is 105 Å². The zero-order valence-corrected chi connectivity index (χ0v) is 12.2. The van der Waals surface area contributed by atoms with Gasteiger partial charge in [-0.05, 0) is 12.3 Å². The quantitative estimate of drug-likeness (QED) is 0.269. The van der Waals surface area contributed by atoms with Crippen LogP contribution in [0.15, 0.2) is 5.16 Å². The van der Waals surface area contributed by atoms with E-state index in [9.17, 15) is 9.00 Å². The third-order valence-electron chi connectivity index (χ3n) is 2.80. The minimum Gasteiger partial charge on any atom is -0.409 e. The van der Waals surface area contributed by atoms with E-state index >= 15 is 0 Å². The second kappa shape index (κ2) is 8.07. The van der Waals surface area contributed by atoms with Gasteiger partial charge in [0, 0.05) is 28.9 Å². The predicted octanol–water partition coefficient (Wildman–Crippen LogP) is 0.278. The maximum Gasteiger partial charge on any atom is 0.231 e. The highest BCUT2D eigenvalue weighted by Crippen LogP contribution is 2.11. The Morgan fingerprint density at radius 3 is 2.39 bits per heavy atom. The fourth-order valence-electron chi connectivity index (χ4n) is 1.52. The molecule has 6 nitrogen and oxygen atoms in total. The van der Waals surface area contributed by atoms with Crippen molar-refractivity contribution in [3.63, 3.8) is 0 Å². The molecule has 18 heavy (non-hydrogen) atoms. The summed E-state index contributed by atoms with van der Waals surface area (Å²) < 4.78 is 11.1. The minimum atomic E-state index is -0.895. The Bertz CT molecular complexity index is 331. The van der Waals surface area contributed by atoms with Crippen LogP contribution in [-0.2, 0) is 15.6 Å². The average Bonchev–Trinajstić information content (AvgIpc) is 2.27. The monoisotopic (exact) mass is 277 g/mol. The fourth-order valence-corrected chi connectivity index (χ4v) is 1.97. The van der Waals surface area contributed by atoms with Crippen LogP contribution in [0.2, 0.25) is 0 Å². The number of amides is 1. The summed E-state index contributed by atoms with van der Waals surface area (Å²) in [5.41, 5.74) is 5.49. The Kier molecular flexibility index (Phi) is 7.58. The molecular formula is C11H23N3O3S. The van der Waals surface area contributed by atoms with Gasteiger partial charge in [-0.2, -0.15) is 0 Å². The summed E-state index contributed by atoms with van der Waals surface area (Å²) in [6, 6.07) is 0. The van der Waals surface area contributed by atoms with Gasteiger partial charge in [0.2, 0.25) is 5.91 Å². The molecular weight excluding hydrogens is 254 g/mol. The van der Waals surface area contributed by atoms with Gasteiger partial charge in [-0.3, -0.25) is 9.00 Å². The second-order valence-corrected chi connectivity index (χ2v) is 6.44. The standard InChI is InChI=1S/C11H23N3O3S/c1-7(2)9(10(12)14-16)11(15)13-6-5-8(3)18(4)17/h7-9,16H,5-6H2,1-4H3,(H2,12,14)(H,13,15). The van der Waals surface area contributed by atoms with E-state index in [0.717, 1.165) is 0 Å². The second-order valence-electron chi connectivity index (χ2n) is 4.64. The molecule has 0 heterocycles. The summed E-state index contributed by atoms with van der Waals surface area (Å²) in [5, 5.41) is 14.3. The lowest BCUT2D eigenvalue weighted by Crippen LogP contribution is -2.42. The maximum atomic E-state index is 11.9. The molecule has 0 aliphatic rings. The van der Waals surface area contributed by atoms with Crippen molar-refractivity contribution in [2.45, 2.75) is 32.4 Å². The van der Waals surface area contributed by atoms with Crippen molar-refractivity contribution >= 4 is 22.5 Å². The van der Waals surface area contributed by atoms with Crippen molar-refractivity contribution in [1.29, 1.82) is 0 Å². The number of oxime groups is 1. The van der Waals surface area contributed by atoms with E-state index in [1.54, 1.807) is 6.26 Å². The first-order valence-corrected chi connectivity index (χ1v) is 7.50. The van der Waals surface area contributed by atoms with Crippen molar-refractivity contribution in [2.75, 3.05) is 12.8 Å². The van der Waals surface area contributed by atoms with E-state index in [0.29, 0.717) is 13.0 Å². The van der Waals surface area contributed by atoms with Gasteiger partial charge >= 0.3 is 0 Å². The number of carbonyl (C=O) groups excluding carboxylic acids is 1. The van der Waals surface area contributed by atoms with Crippen LogP contribution in [0.1, 0.15) is 27.2 Å². The minimum absolute atomic E-state index is 0.0339. The summed E-state index contributed by atoms with van der Waals surface area (Å²) in [4.78, 5) is 11.9. The van der Waals surface area contributed by atoms with Crippen molar-refractivity contribution in [1.82, 2.24) is 5.32 Å². The van der Waals surface area contributed by atoms with Crippen LogP contribution in [0.4, 0.5) is 0 Å². The van der Waals surface area contributed by atoms with Crippen molar-refractivity contribution in [3.05, 3.63) is 0 Å². The van der Waals surface area contributed by atoms with Gasteiger partial charge in [0.1, 0.15) is 5.92 Å². The van der Waals surface area contributed by atoms with Crippen LogP contribution < -0.4 is 11.1 Å². The first-order chi connectivity index (χ1) is 8.31. The first-order valence-electron chi connectivity index (χ1n) is 5.88. The highest BCUT2D eigenvalue weighted by atomic mass is 32.2. The van der Waals surface area contributed by atoms with Crippen LogP contribution in [0.5, 0.6) is 0 Å². The van der Waals surface area contributed by atoms with Crippen molar-refractivity contribution in [2.24, 2.45) is 22.7 Å². The molecule has 106 valence electrons. The van der Waals surface area contributed by atoms with E-state index in [1.807, 2.05) is 20.8 Å². The van der Waals surface area contributed by atoms with Gasteiger partial charge in [0.25, 0.3) is 0 Å². The van der Waals surface area contributed by atoms with Gasteiger partial charge in [-0.25, -0.2) is 0 Å². The number of hydrogen-bond acceptors (Lipinski definition) is 4. The third-order valence-corrected chi connectivity index (χ3v) is 4.17. The zero-order valence-electron chi connectivity index (χ0n) is 11.3. The van der Waals surface area contributed by atoms with E-state index in [-0.39, 0.29) is 22.9 Å². The lowest BCUT2D eigenvalue weighted by molar-refractivity contribution is -0.124. The molecule has 4 N–H and O–H groups in total. The van der Waals surface area contributed by atoms with Crippen molar-refractivity contribution < 1.29 is 14.2 Å². The van der Waals surface area contributed by atoms with Crippen LogP contribution in [-0.4, -0.2) is 39.2 Å².